The van der Waals surface area contributed by atoms with Crippen molar-refractivity contribution < 1.29 is 13.2 Å². The Balaban J connectivity index is 1.55. The first-order chi connectivity index (χ1) is 13.0. The molecule has 4 heterocycles. The molecule has 27 heavy (non-hydrogen) atoms. The second-order valence-electron chi connectivity index (χ2n) is 7.35. The first-order valence-corrected chi connectivity index (χ1v) is 12.2. The van der Waals surface area contributed by atoms with Gasteiger partial charge in [-0.3, -0.25) is 4.79 Å². The molecule has 1 N–H and O–H groups in total. The van der Waals surface area contributed by atoms with E-state index in [1.165, 1.54) is 8.99 Å². The highest BCUT2D eigenvalue weighted by atomic mass is 32.2. The molecule has 3 aliphatic heterocycles. The van der Waals surface area contributed by atoms with Gasteiger partial charge in [0, 0.05) is 31.3 Å². The molecule has 8 nitrogen and oxygen atoms in total. The molecule has 2 fully saturated rings. The highest BCUT2D eigenvalue weighted by molar-refractivity contribution is 7.98. The van der Waals surface area contributed by atoms with Crippen molar-refractivity contribution in [1.29, 1.82) is 0 Å². The summed E-state index contributed by atoms with van der Waals surface area (Å²) >= 11 is 1.80. The van der Waals surface area contributed by atoms with E-state index in [-0.39, 0.29) is 18.8 Å². The molecule has 0 aliphatic carbocycles. The maximum atomic E-state index is 12.8. The number of fused-ring (bicyclic) bond motifs is 1. The van der Waals surface area contributed by atoms with E-state index < -0.39 is 22.3 Å². The molecule has 0 saturated carbocycles. The van der Waals surface area contributed by atoms with Gasteiger partial charge in [0.1, 0.15) is 0 Å². The van der Waals surface area contributed by atoms with E-state index >= 15 is 0 Å². The Morgan fingerprint density at radius 1 is 1.19 bits per heavy atom. The molecule has 4 rings (SSSR count). The molecule has 1 aromatic heterocycles. The fraction of sp³-hybridized carbons (Fsp3) is 0.765. The maximum Gasteiger partial charge on any atom is 0.279 e. The number of aromatic nitrogens is 2. The van der Waals surface area contributed by atoms with Crippen molar-refractivity contribution in [2.75, 3.05) is 32.1 Å². The van der Waals surface area contributed by atoms with Crippen molar-refractivity contribution in [2.24, 2.45) is 0 Å². The third kappa shape index (κ3) is 4.24. The van der Waals surface area contributed by atoms with Gasteiger partial charge in [0.2, 0.25) is 0 Å². The molecule has 0 aromatic carbocycles. The summed E-state index contributed by atoms with van der Waals surface area (Å²) < 4.78 is 36.9. The molecular formula is C17H26N4O4S2. The molecule has 150 valence electrons. The van der Waals surface area contributed by atoms with Crippen molar-refractivity contribution in [3.05, 3.63) is 27.7 Å². The van der Waals surface area contributed by atoms with Gasteiger partial charge in [-0.25, -0.2) is 4.68 Å². The second kappa shape index (κ2) is 8.20. The predicted octanol–water partition coefficient (Wildman–Crippen LogP) is 0.683. The molecular weight excluding hydrogens is 388 g/mol. The summed E-state index contributed by atoms with van der Waals surface area (Å²) in [5.74, 6) is 1.80. The van der Waals surface area contributed by atoms with Crippen LogP contribution in [0.5, 0.6) is 0 Å². The van der Waals surface area contributed by atoms with Crippen LogP contribution in [0.4, 0.5) is 0 Å². The van der Waals surface area contributed by atoms with Crippen LogP contribution in [0.1, 0.15) is 43.0 Å². The van der Waals surface area contributed by atoms with Gasteiger partial charge in [0.25, 0.3) is 15.8 Å². The Morgan fingerprint density at radius 2 is 1.96 bits per heavy atom. The zero-order valence-corrected chi connectivity index (χ0v) is 16.9. The Morgan fingerprint density at radius 3 is 2.74 bits per heavy atom. The third-order valence-corrected chi connectivity index (χ3v) is 8.09. The lowest BCUT2D eigenvalue weighted by Crippen LogP contribution is -2.50. The van der Waals surface area contributed by atoms with Crippen LogP contribution in [0.15, 0.2) is 10.9 Å². The summed E-state index contributed by atoms with van der Waals surface area (Å²) in [5.41, 5.74) is 1.74. The summed E-state index contributed by atoms with van der Waals surface area (Å²) in [6.45, 7) is 1.62. The van der Waals surface area contributed by atoms with E-state index in [4.69, 9.17) is 4.74 Å². The summed E-state index contributed by atoms with van der Waals surface area (Å²) in [4.78, 5) is 12.6. The Hall–Kier alpha value is -0.940. The standard InChI is InChI=1S/C17H26N4O4S2/c22-17-9-13-12-26-8-5-14(13)18-21(17)16-11-25-10-15(16)19-27(23,24)20-6-3-1-2-4-7-20/h9,15-16,19H,1-8,10-12H2. The quantitative estimate of drug-likeness (QED) is 0.779. The van der Waals surface area contributed by atoms with Gasteiger partial charge in [-0.1, -0.05) is 12.8 Å². The molecule has 2 atom stereocenters. The monoisotopic (exact) mass is 414 g/mol. The number of thioether (sulfide) groups is 1. The minimum absolute atomic E-state index is 0.189. The van der Waals surface area contributed by atoms with Crippen LogP contribution in [-0.2, 0) is 27.1 Å². The summed E-state index contributed by atoms with van der Waals surface area (Å²) in [6, 6.07) is 0.742. The van der Waals surface area contributed by atoms with Crippen molar-refractivity contribution in [2.45, 2.75) is 49.9 Å². The number of hydrogen-bond donors (Lipinski definition) is 1. The average Bonchev–Trinajstić information content (AvgIpc) is 2.91. The van der Waals surface area contributed by atoms with Crippen molar-refractivity contribution in [3.8, 4) is 0 Å². The lowest BCUT2D eigenvalue weighted by atomic mass is 10.1. The molecule has 2 unspecified atom stereocenters. The lowest BCUT2D eigenvalue weighted by Gasteiger charge is -2.26. The number of aryl methyl sites for hydroxylation is 1. The Kier molecular flexibility index (Phi) is 5.89. The highest BCUT2D eigenvalue weighted by Gasteiger charge is 2.36. The van der Waals surface area contributed by atoms with Gasteiger partial charge in [-0.15, -0.1) is 0 Å². The van der Waals surface area contributed by atoms with E-state index in [1.54, 1.807) is 17.8 Å². The number of rotatable bonds is 4. The molecule has 0 radical (unpaired) electrons. The minimum atomic E-state index is -3.60. The number of ether oxygens (including phenoxy) is 1. The van der Waals surface area contributed by atoms with Crippen LogP contribution in [0.2, 0.25) is 0 Å². The van der Waals surface area contributed by atoms with Gasteiger partial charge in [-0.05, 0) is 24.2 Å². The Bertz CT molecular complexity index is 834. The first-order valence-electron chi connectivity index (χ1n) is 9.59. The molecule has 0 amide bonds. The summed E-state index contributed by atoms with van der Waals surface area (Å²) in [6.07, 6.45) is 4.73. The topological polar surface area (TPSA) is 93.5 Å². The average molecular weight is 415 g/mol. The summed E-state index contributed by atoms with van der Waals surface area (Å²) in [7, 11) is -3.60. The smallest absolute Gasteiger partial charge is 0.279 e. The van der Waals surface area contributed by atoms with Gasteiger partial charge >= 0.3 is 0 Å². The van der Waals surface area contributed by atoms with Crippen molar-refractivity contribution in [1.82, 2.24) is 18.8 Å². The molecule has 0 spiro atoms. The minimum Gasteiger partial charge on any atom is -0.377 e. The zero-order valence-electron chi connectivity index (χ0n) is 15.3. The van der Waals surface area contributed by atoms with Gasteiger partial charge in [-0.2, -0.15) is 34.3 Å². The molecule has 0 bridgehead atoms. The van der Waals surface area contributed by atoms with Crippen molar-refractivity contribution in [3.63, 3.8) is 0 Å². The van der Waals surface area contributed by atoms with E-state index in [9.17, 15) is 13.2 Å². The molecule has 3 aliphatic rings. The normalized spacial score (nSPS) is 27.3. The Labute approximate surface area is 163 Å². The maximum absolute atomic E-state index is 12.8. The van der Waals surface area contributed by atoms with Gasteiger partial charge in [0.15, 0.2) is 0 Å². The largest absolute Gasteiger partial charge is 0.377 e. The molecule has 1 aromatic rings. The van der Waals surface area contributed by atoms with Crippen LogP contribution < -0.4 is 10.3 Å². The molecule has 10 heteroatoms. The predicted molar refractivity (Wildman–Crippen MR) is 104 cm³/mol. The third-order valence-electron chi connectivity index (χ3n) is 5.43. The van der Waals surface area contributed by atoms with Crippen LogP contribution in [0.3, 0.4) is 0 Å². The highest BCUT2D eigenvalue weighted by Crippen LogP contribution is 2.24. The fourth-order valence-corrected chi connectivity index (χ4v) is 6.36. The SMILES string of the molecule is O=c1cc2c(nn1C1COCC1NS(=O)(=O)N1CCCCCC1)CCSC2. The van der Waals surface area contributed by atoms with Crippen LogP contribution >= 0.6 is 11.8 Å². The number of hydrogen-bond acceptors (Lipinski definition) is 6. The van der Waals surface area contributed by atoms with Crippen LogP contribution in [0, 0.1) is 0 Å². The van der Waals surface area contributed by atoms with Gasteiger partial charge < -0.3 is 4.74 Å². The van der Waals surface area contributed by atoms with Crippen LogP contribution in [-0.4, -0.2) is 60.6 Å². The van der Waals surface area contributed by atoms with Crippen LogP contribution in [0.25, 0.3) is 0 Å². The van der Waals surface area contributed by atoms with E-state index in [1.807, 2.05) is 0 Å². The fourth-order valence-electron chi connectivity index (χ4n) is 3.91. The lowest BCUT2D eigenvalue weighted by molar-refractivity contribution is 0.181. The van der Waals surface area contributed by atoms with E-state index in [2.05, 4.69) is 9.82 Å². The number of nitrogens with zero attached hydrogens (tertiary/aromatic N) is 3. The number of nitrogens with one attached hydrogen (secondary N) is 1. The summed E-state index contributed by atoms with van der Waals surface area (Å²) in [5, 5.41) is 4.56. The second-order valence-corrected chi connectivity index (χ2v) is 10.2. The first kappa shape index (κ1) is 19.4. The van der Waals surface area contributed by atoms with E-state index in [0.29, 0.717) is 13.1 Å². The van der Waals surface area contributed by atoms with Gasteiger partial charge in [0.05, 0.1) is 31.0 Å². The van der Waals surface area contributed by atoms with E-state index in [0.717, 1.165) is 54.9 Å². The van der Waals surface area contributed by atoms with Crippen molar-refractivity contribution >= 4 is 22.0 Å². The zero-order chi connectivity index (χ0) is 18.9. The molecule has 2 saturated heterocycles.